The van der Waals surface area contributed by atoms with Crippen LogP contribution in [-0.2, 0) is 17.9 Å². The molecule has 1 amide bonds. The van der Waals surface area contributed by atoms with Crippen LogP contribution in [-0.4, -0.2) is 29.9 Å². The summed E-state index contributed by atoms with van der Waals surface area (Å²) in [6, 6.07) is 9.72. The van der Waals surface area contributed by atoms with Crippen molar-refractivity contribution in [2.24, 2.45) is 0 Å². The van der Waals surface area contributed by atoms with Crippen LogP contribution in [0.3, 0.4) is 0 Å². The van der Waals surface area contributed by atoms with Crippen LogP contribution in [0.1, 0.15) is 29.5 Å². The van der Waals surface area contributed by atoms with E-state index in [1.54, 1.807) is 12.3 Å². The number of amides is 1. The molecule has 0 bridgehead atoms. The number of hydrogen-bond acceptors (Lipinski definition) is 4. The molecular weight excluding hydrogens is 290 g/mol. The van der Waals surface area contributed by atoms with Crippen LogP contribution >= 0.6 is 0 Å². The van der Waals surface area contributed by atoms with Gasteiger partial charge in [-0.1, -0.05) is 36.4 Å². The van der Waals surface area contributed by atoms with Gasteiger partial charge in [0.05, 0.1) is 24.7 Å². The number of hydrogen-bond donors (Lipinski definition) is 1. The topological polar surface area (TPSA) is 58.4 Å². The minimum absolute atomic E-state index is 0.0340. The van der Waals surface area contributed by atoms with E-state index in [2.05, 4.69) is 16.9 Å². The molecule has 23 heavy (non-hydrogen) atoms. The van der Waals surface area contributed by atoms with Gasteiger partial charge in [0.2, 0.25) is 11.8 Å². The molecule has 1 heterocycles. The lowest BCUT2D eigenvalue weighted by atomic mass is 9.95. The van der Waals surface area contributed by atoms with Gasteiger partial charge >= 0.3 is 0 Å². The first-order valence-corrected chi connectivity index (χ1v) is 7.61. The van der Waals surface area contributed by atoms with E-state index < -0.39 is 0 Å². The van der Waals surface area contributed by atoms with E-state index in [9.17, 15) is 4.79 Å². The Labute approximate surface area is 137 Å². The van der Waals surface area contributed by atoms with Gasteiger partial charge in [0.1, 0.15) is 6.26 Å². The molecule has 1 N–H and O–H groups in total. The summed E-state index contributed by atoms with van der Waals surface area (Å²) in [5.41, 5.74) is 1.71. The standard InChI is InChI=1S/C18H23N3O2/c1-4-8-16(14-9-6-5-7-10-14)18(22)19-11-15-13-23-17(20-15)12-21(2)3/h4-7,9-10,13,16H,1,8,11-12H2,2-3H3,(H,19,22). The third kappa shape index (κ3) is 5.07. The van der Waals surface area contributed by atoms with Crippen molar-refractivity contribution in [1.82, 2.24) is 15.2 Å². The van der Waals surface area contributed by atoms with E-state index in [-0.39, 0.29) is 11.8 Å². The highest BCUT2D eigenvalue weighted by Crippen LogP contribution is 2.20. The molecule has 5 nitrogen and oxygen atoms in total. The minimum atomic E-state index is -0.234. The summed E-state index contributed by atoms with van der Waals surface area (Å²) in [5, 5.41) is 2.93. The van der Waals surface area contributed by atoms with Crippen LogP contribution in [0, 0.1) is 0 Å². The zero-order chi connectivity index (χ0) is 16.7. The first-order chi connectivity index (χ1) is 11.1. The van der Waals surface area contributed by atoms with Crippen LogP contribution in [0.5, 0.6) is 0 Å². The highest BCUT2D eigenvalue weighted by Gasteiger charge is 2.19. The molecule has 2 aromatic rings. The van der Waals surface area contributed by atoms with Crippen molar-refractivity contribution in [3.05, 3.63) is 66.4 Å². The molecule has 0 saturated heterocycles. The van der Waals surface area contributed by atoms with E-state index in [0.717, 1.165) is 11.3 Å². The lowest BCUT2D eigenvalue weighted by molar-refractivity contribution is -0.122. The Kier molecular flexibility index (Phi) is 6.11. The van der Waals surface area contributed by atoms with Crippen LogP contribution in [0.15, 0.2) is 53.7 Å². The van der Waals surface area contributed by atoms with Gasteiger partial charge in [-0.15, -0.1) is 6.58 Å². The van der Waals surface area contributed by atoms with Crippen molar-refractivity contribution in [3.63, 3.8) is 0 Å². The van der Waals surface area contributed by atoms with Crippen LogP contribution in [0.25, 0.3) is 0 Å². The first kappa shape index (κ1) is 17.0. The average molecular weight is 313 g/mol. The van der Waals surface area contributed by atoms with Crippen molar-refractivity contribution in [1.29, 1.82) is 0 Å². The predicted molar refractivity (Wildman–Crippen MR) is 89.7 cm³/mol. The third-order valence-corrected chi connectivity index (χ3v) is 3.42. The van der Waals surface area contributed by atoms with Gasteiger partial charge in [-0.2, -0.15) is 0 Å². The van der Waals surface area contributed by atoms with Crippen molar-refractivity contribution in [2.75, 3.05) is 14.1 Å². The highest BCUT2D eigenvalue weighted by atomic mass is 16.3. The quantitative estimate of drug-likeness (QED) is 0.761. The Morgan fingerprint density at radius 2 is 2.13 bits per heavy atom. The molecule has 0 fully saturated rings. The number of allylic oxidation sites excluding steroid dienone is 1. The molecule has 2 rings (SSSR count). The van der Waals surface area contributed by atoms with Crippen molar-refractivity contribution in [2.45, 2.75) is 25.4 Å². The number of nitrogens with one attached hydrogen (secondary N) is 1. The van der Waals surface area contributed by atoms with E-state index >= 15 is 0 Å². The summed E-state index contributed by atoms with van der Waals surface area (Å²) in [7, 11) is 3.90. The summed E-state index contributed by atoms with van der Waals surface area (Å²) in [4.78, 5) is 18.8. The third-order valence-electron chi connectivity index (χ3n) is 3.42. The Morgan fingerprint density at radius 1 is 1.39 bits per heavy atom. The molecule has 5 heteroatoms. The normalized spacial score (nSPS) is 12.1. The number of oxazole rings is 1. The fraction of sp³-hybridized carbons (Fsp3) is 0.333. The molecule has 122 valence electrons. The van der Waals surface area contributed by atoms with E-state index in [1.165, 1.54) is 0 Å². The maximum atomic E-state index is 12.5. The van der Waals surface area contributed by atoms with Crippen molar-refractivity contribution < 1.29 is 9.21 Å². The van der Waals surface area contributed by atoms with Crippen LogP contribution < -0.4 is 5.32 Å². The summed E-state index contributed by atoms with van der Waals surface area (Å²) in [5.74, 6) is 0.375. The second-order valence-electron chi connectivity index (χ2n) is 5.68. The smallest absolute Gasteiger partial charge is 0.228 e. The van der Waals surface area contributed by atoms with E-state index in [4.69, 9.17) is 4.42 Å². The Bertz CT molecular complexity index is 635. The molecule has 0 radical (unpaired) electrons. The van der Waals surface area contributed by atoms with Crippen LogP contribution in [0.2, 0.25) is 0 Å². The molecule has 1 unspecified atom stereocenters. The maximum Gasteiger partial charge on any atom is 0.228 e. The monoisotopic (exact) mass is 313 g/mol. The van der Waals surface area contributed by atoms with Gasteiger partial charge < -0.3 is 14.6 Å². The zero-order valence-corrected chi connectivity index (χ0v) is 13.7. The van der Waals surface area contributed by atoms with Crippen molar-refractivity contribution >= 4 is 5.91 Å². The number of benzene rings is 1. The molecule has 1 atom stereocenters. The lowest BCUT2D eigenvalue weighted by Crippen LogP contribution is -2.29. The highest BCUT2D eigenvalue weighted by molar-refractivity contribution is 5.83. The largest absolute Gasteiger partial charge is 0.447 e. The lowest BCUT2D eigenvalue weighted by Gasteiger charge is -2.15. The molecule has 0 aliphatic carbocycles. The summed E-state index contributed by atoms with van der Waals surface area (Å²) in [6.07, 6.45) is 3.95. The van der Waals surface area contributed by atoms with Crippen molar-refractivity contribution in [3.8, 4) is 0 Å². The molecule has 0 spiro atoms. The minimum Gasteiger partial charge on any atom is -0.447 e. The van der Waals surface area contributed by atoms with Gasteiger partial charge in [0.25, 0.3) is 0 Å². The molecule has 0 aliphatic heterocycles. The van der Waals surface area contributed by atoms with Gasteiger partial charge in [-0.3, -0.25) is 4.79 Å². The number of carbonyl (C=O) groups is 1. The maximum absolute atomic E-state index is 12.5. The Hall–Kier alpha value is -2.40. The first-order valence-electron chi connectivity index (χ1n) is 7.61. The van der Waals surface area contributed by atoms with Gasteiger partial charge in [0.15, 0.2) is 0 Å². The molecule has 0 saturated carbocycles. The Balaban J connectivity index is 1.96. The van der Waals surface area contributed by atoms with Gasteiger partial charge in [-0.25, -0.2) is 4.98 Å². The van der Waals surface area contributed by atoms with Crippen LogP contribution in [0.4, 0.5) is 0 Å². The molecule has 1 aromatic heterocycles. The number of rotatable bonds is 8. The SMILES string of the molecule is C=CCC(C(=O)NCc1coc(CN(C)C)n1)c1ccccc1. The summed E-state index contributed by atoms with van der Waals surface area (Å²) in [6.45, 7) is 4.74. The number of nitrogens with zero attached hydrogens (tertiary/aromatic N) is 2. The van der Waals surface area contributed by atoms with E-state index in [1.807, 2.05) is 49.3 Å². The second kappa shape index (κ2) is 8.29. The second-order valence-corrected chi connectivity index (χ2v) is 5.68. The molecule has 0 aliphatic rings. The molecular formula is C18H23N3O2. The summed E-state index contributed by atoms with van der Waals surface area (Å²) >= 11 is 0. The summed E-state index contributed by atoms with van der Waals surface area (Å²) < 4.78 is 5.38. The average Bonchev–Trinajstić information content (AvgIpc) is 2.98. The van der Waals surface area contributed by atoms with E-state index in [0.29, 0.717) is 25.4 Å². The zero-order valence-electron chi connectivity index (χ0n) is 13.7. The number of carbonyl (C=O) groups excluding carboxylic acids is 1. The molecule has 1 aromatic carbocycles. The fourth-order valence-corrected chi connectivity index (χ4v) is 2.32. The fourth-order valence-electron chi connectivity index (χ4n) is 2.32. The Morgan fingerprint density at radius 3 is 2.78 bits per heavy atom. The van der Waals surface area contributed by atoms with Gasteiger partial charge in [-0.05, 0) is 26.1 Å². The predicted octanol–water partition coefficient (Wildman–Crippen LogP) is 2.71. The number of aromatic nitrogens is 1. The van der Waals surface area contributed by atoms with Gasteiger partial charge in [0, 0.05) is 0 Å².